The zero-order valence-electron chi connectivity index (χ0n) is 15.3. The fraction of sp³-hybridized carbons (Fsp3) is 0.273. The Bertz CT molecular complexity index is 1130. The Balaban J connectivity index is 1.80. The first kappa shape index (κ1) is 16.2. The van der Waals surface area contributed by atoms with Crippen molar-refractivity contribution in [2.75, 3.05) is 5.32 Å². The molecule has 2 heterocycles. The zero-order chi connectivity index (χ0) is 18.8. The Morgan fingerprint density at radius 1 is 1.15 bits per heavy atom. The summed E-state index contributed by atoms with van der Waals surface area (Å²) in [6, 6.07) is 14.0. The van der Waals surface area contributed by atoms with Gasteiger partial charge in [-0.1, -0.05) is 38.1 Å². The first-order chi connectivity index (χ1) is 12.9. The third-order valence-electron chi connectivity index (χ3n) is 5.47. The van der Waals surface area contributed by atoms with E-state index in [-0.39, 0.29) is 23.1 Å². The van der Waals surface area contributed by atoms with Crippen LogP contribution in [0.15, 0.2) is 59.8 Å². The normalized spacial score (nSPS) is 21.0. The third-order valence-corrected chi connectivity index (χ3v) is 5.47. The zero-order valence-corrected chi connectivity index (χ0v) is 15.3. The molecule has 1 N–H and O–H groups in total. The van der Waals surface area contributed by atoms with Crippen LogP contribution in [-0.2, 0) is 4.79 Å². The van der Waals surface area contributed by atoms with Gasteiger partial charge in [0.15, 0.2) is 5.78 Å². The van der Waals surface area contributed by atoms with Crippen molar-refractivity contribution in [1.29, 1.82) is 0 Å². The van der Waals surface area contributed by atoms with Gasteiger partial charge in [0, 0.05) is 17.7 Å². The number of fused-ring (bicyclic) bond motifs is 3. The van der Waals surface area contributed by atoms with Gasteiger partial charge >= 0.3 is 0 Å². The molecular weight excluding hydrogens is 341 g/mol. The van der Waals surface area contributed by atoms with Gasteiger partial charge in [0.05, 0.1) is 17.1 Å². The molecule has 0 amide bonds. The number of benzene rings is 2. The lowest BCUT2D eigenvalue weighted by molar-refractivity contribution is -0.118. The summed E-state index contributed by atoms with van der Waals surface area (Å²) in [7, 11) is 0. The molecule has 5 rings (SSSR count). The van der Waals surface area contributed by atoms with Crippen LogP contribution in [-0.4, -0.2) is 15.3 Å². The molecule has 0 saturated carbocycles. The standard InChI is InChI=1S/C22H20FN3O/c1-22(2)11-16-19(18(27)12-22)20(13-6-5-7-14(23)10-13)26-17-9-4-3-8-15(17)24-21(26)25-16/h3-10,20H,11-12H2,1-2H3,(H,24,25)/t20-/m0/s1. The summed E-state index contributed by atoms with van der Waals surface area (Å²) in [5.74, 6) is 0.517. The summed E-state index contributed by atoms with van der Waals surface area (Å²) in [4.78, 5) is 17.9. The number of anilines is 1. The summed E-state index contributed by atoms with van der Waals surface area (Å²) >= 11 is 0. The molecule has 27 heavy (non-hydrogen) atoms. The summed E-state index contributed by atoms with van der Waals surface area (Å²) in [6.45, 7) is 4.20. The second kappa shape index (κ2) is 5.52. The number of carbonyl (C=O) groups is 1. The molecule has 3 aromatic rings. The van der Waals surface area contributed by atoms with Crippen LogP contribution in [0.5, 0.6) is 0 Å². The minimum Gasteiger partial charge on any atom is -0.329 e. The molecule has 1 atom stereocenters. The highest BCUT2D eigenvalue weighted by atomic mass is 19.1. The lowest BCUT2D eigenvalue weighted by Gasteiger charge is -2.39. The average Bonchev–Trinajstić information content (AvgIpc) is 2.96. The highest BCUT2D eigenvalue weighted by molar-refractivity contribution is 6.00. The van der Waals surface area contributed by atoms with E-state index in [1.54, 1.807) is 6.07 Å². The average molecular weight is 361 g/mol. The second-order valence-electron chi connectivity index (χ2n) is 8.21. The molecule has 2 aliphatic rings. The van der Waals surface area contributed by atoms with Crippen molar-refractivity contribution in [2.45, 2.75) is 32.7 Å². The van der Waals surface area contributed by atoms with Crippen LogP contribution in [0.2, 0.25) is 0 Å². The lowest BCUT2D eigenvalue weighted by Crippen LogP contribution is -2.36. The second-order valence-corrected chi connectivity index (χ2v) is 8.21. The molecule has 5 heteroatoms. The Morgan fingerprint density at radius 2 is 1.96 bits per heavy atom. The van der Waals surface area contributed by atoms with E-state index in [4.69, 9.17) is 4.98 Å². The minimum atomic E-state index is -0.372. The van der Waals surface area contributed by atoms with Crippen LogP contribution in [0.25, 0.3) is 11.0 Å². The molecule has 0 unspecified atom stereocenters. The van der Waals surface area contributed by atoms with Crippen LogP contribution >= 0.6 is 0 Å². The van der Waals surface area contributed by atoms with Gasteiger partial charge in [-0.25, -0.2) is 9.37 Å². The van der Waals surface area contributed by atoms with Crippen LogP contribution in [0, 0.1) is 11.2 Å². The molecule has 1 aromatic heterocycles. The first-order valence-corrected chi connectivity index (χ1v) is 9.19. The number of para-hydroxylation sites is 2. The van der Waals surface area contributed by atoms with Crippen molar-refractivity contribution in [2.24, 2.45) is 5.41 Å². The molecule has 2 aromatic carbocycles. The molecule has 1 aliphatic heterocycles. The largest absolute Gasteiger partial charge is 0.329 e. The van der Waals surface area contributed by atoms with Crippen molar-refractivity contribution >= 4 is 22.8 Å². The van der Waals surface area contributed by atoms with E-state index in [9.17, 15) is 9.18 Å². The third kappa shape index (κ3) is 2.49. The predicted molar refractivity (Wildman–Crippen MR) is 103 cm³/mol. The van der Waals surface area contributed by atoms with Crippen LogP contribution < -0.4 is 5.32 Å². The molecular formula is C22H20FN3O. The number of nitrogens with zero attached hydrogens (tertiary/aromatic N) is 2. The predicted octanol–water partition coefficient (Wildman–Crippen LogP) is 4.83. The van der Waals surface area contributed by atoms with Crippen molar-refractivity contribution in [1.82, 2.24) is 9.55 Å². The van der Waals surface area contributed by atoms with E-state index < -0.39 is 0 Å². The molecule has 136 valence electrons. The quantitative estimate of drug-likeness (QED) is 0.675. The number of nitrogens with one attached hydrogen (secondary N) is 1. The van der Waals surface area contributed by atoms with Crippen LogP contribution in [0.1, 0.15) is 38.3 Å². The van der Waals surface area contributed by atoms with Gasteiger partial charge in [0.1, 0.15) is 5.82 Å². The smallest absolute Gasteiger partial charge is 0.209 e. The summed E-state index contributed by atoms with van der Waals surface area (Å²) in [5.41, 5.74) is 4.08. The van der Waals surface area contributed by atoms with E-state index in [0.29, 0.717) is 12.4 Å². The Labute approximate surface area is 156 Å². The van der Waals surface area contributed by atoms with Gasteiger partial charge in [-0.2, -0.15) is 0 Å². The number of Topliss-reactive ketones (excluding diaryl/α,β-unsaturated/α-hetero) is 1. The van der Waals surface area contributed by atoms with Crippen molar-refractivity contribution in [3.8, 4) is 0 Å². The first-order valence-electron chi connectivity index (χ1n) is 9.19. The Kier molecular flexibility index (Phi) is 3.32. The van der Waals surface area contributed by atoms with Crippen molar-refractivity contribution in [3.63, 3.8) is 0 Å². The number of allylic oxidation sites excluding steroid dienone is 2. The number of hydrogen-bond donors (Lipinski definition) is 1. The van der Waals surface area contributed by atoms with E-state index in [2.05, 4.69) is 19.2 Å². The van der Waals surface area contributed by atoms with Gasteiger partial charge < -0.3 is 5.32 Å². The number of rotatable bonds is 1. The van der Waals surface area contributed by atoms with Crippen LogP contribution in [0.3, 0.4) is 0 Å². The molecule has 0 spiro atoms. The number of aromatic nitrogens is 2. The molecule has 0 radical (unpaired) electrons. The van der Waals surface area contributed by atoms with E-state index in [1.807, 2.05) is 34.9 Å². The molecule has 4 nitrogen and oxygen atoms in total. The van der Waals surface area contributed by atoms with Gasteiger partial charge in [-0.3, -0.25) is 9.36 Å². The topological polar surface area (TPSA) is 46.9 Å². The highest BCUT2D eigenvalue weighted by Crippen LogP contribution is 2.47. The van der Waals surface area contributed by atoms with Crippen LogP contribution in [0.4, 0.5) is 10.3 Å². The van der Waals surface area contributed by atoms with Gasteiger partial charge in [-0.05, 0) is 41.7 Å². The van der Waals surface area contributed by atoms with Crippen molar-refractivity contribution in [3.05, 3.63) is 71.2 Å². The SMILES string of the molecule is CC1(C)CC(=O)C2=C(C1)Nc1nc3ccccc3n1[C@H]2c1cccc(F)c1. The summed E-state index contributed by atoms with van der Waals surface area (Å²) in [6.07, 6.45) is 1.25. The summed E-state index contributed by atoms with van der Waals surface area (Å²) in [5, 5.41) is 3.41. The fourth-order valence-corrected chi connectivity index (χ4v) is 4.41. The van der Waals surface area contributed by atoms with Gasteiger partial charge in [0.25, 0.3) is 0 Å². The molecule has 1 aliphatic carbocycles. The molecule has 0 bridgehead atoms. The van der Waals surface area contributed by atoms with E-state index in [0.717, 1.165) is 34.3 Å². The molecule has 0 saturated heterocycles. The number of hydrogen-bond acceptors (Lipinski definition) is 3. The van der Waals surface area contributed by atoms with Gasteiger partial charge in [-0.15, -0.1) is 0 Å². The maximum Gasteiger partial charge on any atom is 0.209 e. The highest BCUT2D eigenvalue weighted by Gasteiger charge is 2.41. The number of carbonyl (C=O) groups excluding carboxylic acids is 1. The maximum absolute atomic E-state index is 14.0. The molecule has 0 fully saturated rings. The van der Waals surface area contributed by atoms with Gasteiger partial charge in [0.2, 0.25) is 5.95 Å². The maximum atomic E-state index is 14.0. The number of halogens is 1. The Hall–Kier alpha value is -2.95. The number of imidazole rings is 1. The monoisotopic (exact) mass is 361 g/mol. The fourth-order valence-electron chi connectivity index (χ4n) is 4.41. The minimum absolute atomic E-state index is 0.108. The lowest BCUT2D eigenvalue weighted by atomic mass is 9.73. The van der Waals surface area contributed by atoms with E-state index >= 15 is 0 Å². The van der Waals surface area contributed by atoms with E-state index in [1.165, 1.54) is 12.1 Å². The summed E-state index contributed by atoms with van der Waals surface area (Å²) < 4.78 is 16.1. The Morgan fingerprint density at radius 3 is 2.78 bits per heavy atom. The number of ketones is 1. The van der Waals surface area contributed by atoms with Crippen molar-refractivity contribution < 1.29 is 9.18 Å².